The molecule has 0 aliphatic heterocycles. The zero-order chi connectivity index (χ0) is 13.1. The Hall–Kier alpha value is -1.29. The molecule has 1 heterocycles. The first-order valence-corrected chi connectivity index (χ1v) is 6.87. The monoisotopic (exact) mass is 264 g/mol. The van der Waals surface area contributed by atoms with Crippen LogP contribution in [0.2, 0.25) is 0 Å². The van der Waals surface area contributed by atoms with Gasteiger partial charge < -0.3 is 14.3 Å². The number of nitrogens with one attached hydrogen (secondary N) is 1. The summed E-state index contributed by atoms with van der Waals surface area (Å²) in [4.78, 5) is 3.25. The van der Waals surface area contributed by atoms with Crippen LogP contribution in [0.25, 0.3) is 11.0 Å². The number of aromatic nitrogens is 2. The molecule has 0 amide bonds. The highest BCUT2D eigenvalue weighted by Gasteiger charge is 2.10. The average molecular weight is 264 g/mol. The van der Waals surface area contributed by atoms with Gasteiger partial charge in [0.05, 0.1) is 18.1 Å². The maximum atomic E-state index is 5.41. The fourth-order valence-electron chi connectivity index (χ4n) is 2.26. The molecule has 0 spiro atoms. The zero-order valence-electron chi connectivity index (χ0n) is 11.2. The van der Waals surface area contributed by atoms with Crippen LogP contribution in [0, 0.1) is 10.7 Å². The van der Waals surface area contributed by atoms with Crippen molar-refractivity contribution in [3.8, 4) is 5.75 Å². The molecule has 1 N–H and O–H groups in total. The van der Waals surface area contributed by atoms with E-state index in [9.17, 15) is 0 Å². The number of fused-ring (bicyclic) bond motifs is 1. The standard InChI is InChI=1S/C14H20N2OS/c1-4-10(5-2)9-16-13-7-6-11(17-3)8-12(13)15-14(16)18/h6-8,10H,4-5,9H2,1-3H3,(H,15,18). The highest BCUT2D eigenvalue weighted by atomic mass is 32.1. The van der Waals surface area contributed by atoms with E-state index in [1.807, 2.05) is 12.1 Å². The Bertz CT molecular complexity index is 581. The summed E-state index contributed by atoms with van der Waals surface area (Å²) >= 11 is 5.41. The number of imidazole rings is 1. The van der Waals surface area contributed by atoms with Crippen molar-refractivity contribution in [2.24, 2.45) is 5.92 Å². The van der Waals surface area contributed by atoms with Gasteiger partial charge in [0.15, 0.2) is 4.77 Å². The van der Waals surface area contributed by atoms with E-state index in [0.717, 1.165) is 28.1 Å². The summed E-state index contributed by atoms with van der Waals surface area (Å²) in [6.07, 6.45) is 2.36. The van der Waals surface area contributed by atoms with Crippen LogP contribution in [0.15, 0.2) is 18.2 Å². The van der Waals surface area contributed by atoms with Crippen molar-refractivity contribution in [2.45, 2.75) is 33.2 Å². The van der Waals surface area contributed by atoms with Crippen LogP contribution >= 0.6 is 12.2 Å². The van der Waals surface area contributed by atoms with E-state index in [0.29, 0.717) is 5.92 Å². The number of aromatic amines is 1. The molecule has 0 bridgehead atoms. The number of ether oxygens (including phenoxy) is 1. The van der Waals surface area contributed by atoms with Gasteiger partial charge in [-0.25, -0.2) is 0 Å². The molecule has 0 unspecified atom stereocenters. The van der Waals surface area contributed by atoms with Crippen molar-refractivity contribution in [3.63, 3.8) is 0 Å². The van der Waals surface area contributed by atoms with E-state index in [4.69, 9.17) is 17.0 Å². The Morgan fingerprint density at radius 2 is 2.06 bits per heavy atom. The maximum absolute atomic E-state index is 5.41. The van der Waals surface area contributed by atoms with E-state index < -0.39 is 0 Å². The molecule has 2 aromatic rings. The van der Waals surface area contributed by atoms with E-state index in [2.05, 4.69) is 29.5 Å². The van der Waals surface area contributed by atoms with Crippen LogP contribution in [0.3, 0.4) is 0 Å². The molecule has 3 nitrogen and oxygen atoms in total. The molecular formula is C14H20N2OS. The normalized spacial score (nSPS) is 11.3. The number of rotatable bonds is 5. The topological polar surface area (TPSA) is 29.9 Å². The summed E-state index contributed by atoms with van der Waals surface area (Å²) in [5, 5.41) is 0. The lowest BCUT2D eigenvalue weighted by Crippen LogP contribution is -2.09. The highest BCUT2D eigenvalue weighted by Crippen LogP contribution is 2.22. The molecule has 0 aliphatic carbocycles. The first-order chi connectivity index (χ1) is 8.69. The number of methoxy groups -OCH3 is 1. The van der Waals surface area contributed by atoms with Gasteiger partial charge in [0.25, 0.3) is 0 Å². The lowest BCUT2D eigenvalue weighted by Gasteiger charge is -2.13. The Balaban J connectivity index is 2.44. The molecule has 0 fully saturated rings. The van der Waals surface area contributed by atoms with Crippen LogP contribution in [0.4, 0.5) is 0 Å². The van der Waals surface area contributed by atoms with Gasteiger partial charge in [-0.3, -0.25) is 0 Å². The van der Waals surface area contributed by atoms with Crippen molar-refractivity contribution in [1.29, 1.82) is 0 Å². The second-order valence-corrected chi connectivity index (χ2v) is 4.99. The van der Waals surface area contributed by atoms with Crippen molar-refractivity contribution in [3.05, 3.63) is 23.0 Å². The molecule has 0 saturated heterocycles. The van der Waals surface area contributed by atoms with Gasteiger partial charge in [0.2, 0.25) is 0 Å². The molecule has 0 saturated carbocycles. The quantitative estimate of drug-likeness (QED) is 0.822. The molecule has 4 heteroatoms. The Morgan fingerprint density at radius 1 is 1.33 bits per heavy atom. The number of H-pyrrole nitrogens is 1. The Kier molecular flexibility index (Phi) is 4.07. The molecular weight excluding hydrogens is 244 g/mol. The zero-order valence-corrected chi connectivity index (χ0v) is 12.0. The predicted molar refractivity (Wildman–Crippen MR) is 77.7 cm³/mol. The molecule has 0 aliphatic rings. The highest BCUT2D eigenvalue weighted by molar-refractivity contribution is 7.71. The second-order valence-electron chi connectivity index (χ2n) is 4.61. The number of hydrogen-bond acceptors (Lipinski definition) is 2. The lowest BCUT2D eigenvalue weighted by atomic mass is 10.0. The van der Waals surface area contributed by atoms with Crippen molar-refractivity contribution < 1.29 is 4.74 Å². The van der Waals surface area contributed by atoms with Gasteiger partial charge in [-0.2, -0.15) is 0 Å². The maximum Gasteiger partial charge on any atom is 0.178 e. The van der Waals surface area contributed by atoms with Crippen LogP contribution in [0.5, 0.6) is 5.75 Å². The summed E-state index contributed by atoms with van der Waals surface area (Å²) < 4.78 is 8.22. The van der Waals surface area contributed by atoms with E-state index in [-0.39, 0.29) is 0 Å². The first kappa shape index (κ1) is 13.1. The summed E-state index contributed by atoms with van der Waals surface area (Å²) in [5.74, 6) is 1.53. The summed E-state index contributed by atoms with van der Waals surface area (Å²) in [7, 11) is 1.68. The van der Waals surface area contributed by atoms with Crippen LogP contribution in [-0.2, 0) is 6.54 Å². The van der Waals surface area contributed by atoms with Gasteiger partial charge >= 0.3 is 0 Å². The van der Waals surface area contributed by atoms with Gasteiger partial charge in [-0.1, -0.05) is 26.7 Å². The molecule has 98 valence electrons. The van der Waals surface area contributed by atoms with Gasteiger partial charge in [0.1, 0.15) is 5.75 Å². The number of hydrogen-bond donors (Lipinski definition) is 1. The third-order valence-electron chi connectivity index (χ3n) is 3.58. The molecule has 1 aromatic heterocycles. The Labute approximate surface area is 113 Å². The van der Waals surface area contributed by atoms with Crippen molar-refractivity contribution in [2.75, 3.05) is 7.11 Å². The summed E-state index contributed by atoms with van der Waals surface area (Å²) in [6.45, 7) is 5.45. The van der Waals surface area contributed by atoms with Gasteiger partial charge in [-0.15, -0.1) is 0 Å². The number of nitrogens with zero attached hydrogens (tertiary/aromatic N) is 1. The molecule has 1 aromatic carbocycles. The Morgan fingerprint density at radius 3 is 2.67 bits per heavy atom. The van der Waals surface area contributed by atoms with E-state index in [1.165, 1.54) is 12.8 Å². The SMILES string of the molecule is CCC(CC)Cn1c(=S)[nH]c2cc(OC)ccc21. The van der Waals surface area contributed by atoms with Gasteiger partial charge in [-0.05, 0) is 30.3 Å². The molecule has 2 rings (SSSR count). The van der Waals surface area contributed by atoms with Crippen LogP contribution < -0.4 is 4.74 Å². The second kappa shape index (κ2) is 5.57. The van der Waals surface area contributed by atoms with Crippen molar-refractivity contribution in [1.82, 2.24) is 9.55 Å². The molecule has 0 radical (unpaired) electrons. The van der Waals surface area contributed by atoms with Gasteiger partial charge in [0, 0.05) is 12.6 Å². The summed E-state index contributed by atoms with van der Waals surface area (Å²) in [5.41, 5.74) is 2.21. The minimum Gasteiger partial charge on any atom is -0.497 e. The molecule has 18 heavy (non-hydrogen) atoms. The van der Waals surface area contributed by atoms with Crippen LogP contribution in [-0.4, -0.2) is 16.7 Å². The van der Waals surface area contributed by atoms with Crippen molar-refractivity contribution >= 4 is 23.3 Å². The predicted octanol–water partition coefficient (Wildman–Crippen LogP) is 4.14. The lowest BCUT2D eigenvalue weighted by molar-refractivity contribution is 0.415. The summed E-state index contributed by atoms with van der Waals surface area (Å²) in [6, 6.07) is 6.05. The minimum atomic E-state index is 0.679. The minimum absolute atomic E-state index is 0.679. The fraction of sp³-hybridized carbons (Fsp3) is 0.500. The number of benzene rings is 1. The first-order valence-electron chi connectivity index (χ1n) is 6.46. The van der Waals surface area contributed by atoms with E-state index >= 15 is 0 Å². The van der Waals surface area contributed by atoms with Crippen LogP contribution in [0.1, 0.15) is 26.7 Å². The smallest absolute Gasteiger partial charge is 0.178 e. The third-order valence-corrected chi connectivity index (χ3v) is 3.90. The largest absolute Gasteiger partial charge is 0.497 e. The fourth-order valence-corrected chi connectivity index (χ4v) is 2.54. The molecule has 0 atom stereocenters. The average Bonchev–Trinajstić information content (AvgIpc) is 2.70. The third kappa shape index (κ3) is 2.43. The van der Waals surface area contributed by atoms with E-state index in [1.54, 1.807) is 7.11 Å².